The summed E-state index contributed by atoms with van der Waals surface area (Å²) in [6.07, 6.45) is 0. The van der Waals surface area contributed by atoms with Gasteiger partial charge in [-0.1, -0.05) is 25.1 Å². The maximum absolute atomic E-state index is 12.1. The second-order valence-electron chi connectivity index (χ2n) is 4.18. The minimum Gasteiger partial charge on any atom is -0.481 e. The van der Waals surface area contributed by atoms with Crippen molar-refractivity contribution < 1.29 is 24.6 Å². The van der Waals surface area contributed by atoms with Crippen molar-refractivity contribution in [3.8, 4) is 0 Å². The van der Waals surface area contributed by atoms with Gasteiger partial charge in [-0.15, -0.1) is 0 Å². The fourth-order valence-corrected chi connectivity index (χ4v) is 1.55. The van der Waals surface area contributed by atoms with Crippen LogP contribution >= 0.6 is 0 Å². The Kier molecular flexibility index (Phi) is 5.05. The number of carboxylic acids is 2. The zero-order valence-electron chi connectivity index (χ0n) is 10.4. The summed E-state index contributed by atoms with van der Waals surface area (Å²) in [6.45, 7) is 0.760. The second kappa shape index (κ2) is 6.53. The Morgan fingerprint density at radius 3 is 2.21 bits per heavy atom. The van der Waals surface area contributed by atoms with Crippen LogP contribution in [0, 0.1) is 5.92 Å². The lowest BCUT2D eigenvalue weighted by molar-refractivity contribution is -0.143. The molecule has 2 N–H and O–H groups in total. The molecule has 1 rings (SSSR count). The summed E-state index contributed by atoms with van der Waals surface area (Å²) in [4.78, 5) is 34.7. The topological polar surface area (TPSA) is 94.9 Å². The van der Waals surface area contributed by atoms with E-state index in [1.165, 1.54) is 6.92 Å². The molecule has 19 heavy (non-hydrogen) atoms. The summed E-state index contributed by atoms with van der Waals surface area (Å²) < 4.78 is 0. The van der Waals surface area contributed by atoms with Gasteiger partial charge in [0.15, 0.2) is 0 Å². The lowest BCUT2D eigenvalue weighted by Crippen LogP contribution is -2.40. The third kappa shape index (κ3) is 4.42. The van der Waals surface area contributed by atoms with Gasteiger partial charge in [0.1, 0.15) is 6.54 Å². The van der Waals surface area contributed by atoms with E-state index < -0.39 is 30.3 Å². The van der Waals surface area contributed by atoms with Gasteiger partial charge in [-0.3, -0.25) is 14.4 Å². The van der Waals surface area contributed by atoms with E-state index in [0.29, 0.717) is 5.56 Å². The molecule has 1 unspecified atom stereocenters. The molecule has 0 aromatic heterocycles. The molecule has 0 aliphatic carbocycles. The lowest BCUT2D eigenvalue weighted by Gasteiger charge is -2.22. The molecule has 0 radical (unpaired) electrons. The average Bonchev–Trinajstić information content (AvgIpc) is 2.37. The van der Waals surface area contributed by atoms with E-state index in [1.807, 2.05) is 0 Å². The first kappa shape index (κ1) is 14.7. The number of carboxylic acid groups (broad SMARTS) is 2. The summed E-state index contributed by atoms with van der Waals surface area (Å²) >= 11 is 0. The number of nitrogens with zero attached hydrogens (tertiary/aromatic N) is 1. The van der Waals surface area contributed by atoms with Crippen LogP contribution < -0.4 is 0 Å². The molecule has 1 aromatic rings. The Morgan fingerprint density at radius 1 is 1.16 bits per heavy atom. The first-order valence-electron chi connectivity index (χ1n) is 5.70. The highest BCUT2D eigenvalue weighted by molar-refractivity contribution is 5.96. The van der Waals surface area contributed by atoms with E-state index in [-0.39, 0.29) is 6.54 Å². The van der Waals surface area contributed by atoms with Crippen LogP contribution in [0.4, 0.5) is 0 Å². The number of aliphatic carboxylic acids is 2. The predicted octanol–water partition coefficient (Wildman–Crippen LogP) is 0.934. The summed E-state index contributed by atoms with van der Waals surface area (Å²) in [5.74, 6) is -3.57. The molecule has 1 aromatic carbocycles. The first-order valence-corrected chi connectivity index (χ1v) is 5.70. The van der Waals surface area contributed by atoms with Gasteiger partial charge in [-0.2, -0.15) is 0 Å². The minimum atomic E-state index is -1.18. The zero-order chi connectivity index (χ0) is 14.4. The number of hydrogen-bond donors (Lipinski definition) is 2. The number of rotatable bonds is 6. The Morgan fingerprint density at radius 2 is 1.74 bits per heavy atom. The fraction of sp³-hybridized carbons (Fsp3) is 0.308. The van der Waals surface area contributed by atoms with Gasteiger partial charge in [-0.05, 0) is 12.1 Å². The Hall–Kier alpha value is -2.37. The molecular weight excluding hydrogens is 250 g/mol. The van der Waals surface area contributed by atoms with Crippen molar-refractivity contribution in [1.82, 2.24) is 4.90 Å². The van der Waals surface area contributed by atoms with Gasteiger partial charge in [0, 0.05) is 12.1 Å². The number of carbonyl (C=O) groups excluding carboxylic acids is 1. The Labute approximate surface area is 110 Å². The monoisotopic (exact) mass is 265 g/mol. The van der Waals surface area contributed by atoms with Gasteiger partial charge in [0.2, 0.25) is 0 Å². The van der Waals surface area contributed by atoms with Gasteiger partial charge in [0.25, 0.3) is 5.91 Å². The summed E-state index contributed by atoms with van der Waals surface area (Å²) in [5, 5.41) is 17.6. The highest BCUT2D eigenvalue weighted by Gasteiger charge is 2.23. The smallest absolute Gasteiger partial charge is 0.323 e. The van der Waals surface area contributed by atoms with Gasteiger partial charge < -0.3 is 15.1 Å². The summed E-state index contributed by atoms with van der Waals surface area (Å²) in [7, 11) is 0. The third-order valence-corrected chi connectivity index (χ3v) is 2.55. The van der Waals surface area contributed by atoms with Crippen molar-refractivity contribution in [2.45, 2.75) is 6.92 Å². The van der Waals surface area contributed by atoms with Gasteiger partial charge in [0.05, 0.1) is 5.92 Å². The van der Waals surface area contributed by atoms with E-state index in [4.69, 9.17) is 10.2 Å². The molecule has 0 aliphatic rings. The van der Waals surface area contributed by atoms with Crippen molar-refractivity contribution in [2.75, 3.05) is 13.1 Å². The van der Waals surface area contributed by atoms with Crippen molar-refractivity contribution in [3.05, 3.63) is 35.9 Å². The Balaban J connectivity index is 2.87. The molecule has 0 bridgehead atoms. The van der Waals surface area contributed by atoms with Crippen LogP contribution in [-0.2, 0) is 9.59 Å². The molecule has 0 aliphatic heterocycles. The molecule has 0 spiro atoms. The molecule has 102 valence electrons. The summed E-state index contributed by atoms with van der Waals surface area (Å²) in [6, 6.07) is 8.17. The molecule has 6 nitrogen and oxygen atoms in total. The van der Waals surface area contributed by atoms with Crippen molar-refractivity contribution in [3.63, 3.8) is 0 Å². The highest BCUT2D eigenvalue weighted by atomic mass is 16.4. The van der Waals surface area contributed by atoms with Crippen LogP contribution in [0.15, 0.2) is 30.3 Å². The van der Waals surface area contributed by atoms with Crippen LogP contribution in [-0.4, -0.2) is 46.0 Å². The number of benzene rings is 1. The first-order chi connectivity index (χ1) is 8.91. The number of carbonyl (C=O) groups is 3. The average molecular weight is 265 g/mol. The summed E-state index contributed by atoms with van der Waals surface area (Å²) in [5.41, 5.74) is 0.335. The molecule has 6 heteroatoms. The normalized spacial score (nSPS) is 11.6. The molecule has 0 fully saturated rings. The van der Waals surface area contributed by atoms with E-state index in [2.05, 4.69) is 0 Å². The minimum absolute atomic E-state index is 0.143. The highest BCUT2D eigenvalue weighted by Crippen LogP contribution is 2.08. The van der Waals surface area contributed by atoms with E-state index >= 15 is 0 Å². The van der Waals surface area contributed by atoms with Crippen molar-refractivity contribution in [2.24, 2.45) is 5.92 Å². The van der Waals surface area contributed by atoms with Gasteiger partial charge >= 0.3 is 11.9 Å². The van der Waals surface area contributed by atoms with Crippen molar-refractivity contribution in [1.29, 1.82) is 0 Å². The van der Waals surface area contributed by atoms with Crippen LogP contribution in [0.5, 0.6) is 0 Å². The number of amides is 1. The fourth-order valence-electron chi connectivity index (χ4n) is 1.55. The SMILES string of the molecule is CC(CN(CC(=O)O)C(=O)c1ccccc1)C(=O)O. The maximum atomic E-state index is 12.1. The molecule has 0 saturated heterocycles. The maximum Gasteiger partial charge on any atom is 0.323 e. The third-order valence-electron chi connectivity index (χ3n) is 2.55. The van der Waals surface area contributed by atoms with Gasteiger partial charge in [-0.25, -0.2) is 0 Å². The van der Waals surface area contributed by atoms with E-state index in [0.717, 1.165) is 4.90 Å². The predicted molar refractivity (Wildman–Crippen MR) is 66.8 cm³/mol. The van der Waals surface area contributed by atoms with E-state index in [1.54, 1.807) is 30.3 Å². The quantitative estimate of drug-likeness (QED) is 0.798. The van der Waals surface area contributed by atoms with Crippen LogP contribution in [0.2, 0.25) is 0 Å². The lowest BCUT2D eigenvalue weighted by atomic mass is 10.1. The van der Waals surface area contributed by atoms with Crippen LogP contribution in [0.25, 0.3) is 0 Å². The van der Waals surface area contributed by atoms with Crippen LogP contribution in [0.3, 0.4) is 0 Å². The number of hydrogen-bond acceptors (Lipinski definition) is 3. The molecule has 0 saturated carbocycles. The second-order valence-corrected chi connectivity index (χ2v) is 4.18. The molecule has 1 amide bonds. The van der Waals surface area contributed by atoms with Crippen molar-refractivity contribution >= 4 is 17.8 Å². The Bertz CT molecular complexity index is 471. The van der Waals surface area contributed by atoms with E-state index in [9.17, 15) is 14.4 Å². The standard InChI is InChI=1S/C13H15NO5/c1-9(13(18)19)7-14(8-11(15)16)12(17)10-5-3-2-4-6-10/h2-6,9H,7-8H2,1H3,(H,15,16)(H,18,19). The zero-order valence-corrected chi connectivity index (χ0v) is 10.4. The molecule has 0 heterocycles. The largest absolute Gasteiger partial charge is 0.481 e. The molecule has 1 atom stereocenters. The van der Waals surface area contributed by atoms with Crippen LogP contribution in [0.1, 0.15) is 17.3 Å². The molecular formula is C13H15NO5.